The van der Waals surface area contributed by atoms with Gasteiger partial charge in [-0.15, -0.1) is 24.0 Å². The Labute approximate surface area is 202 Å². The van der Waals surface area contributed by atoms with Crippen molar-refractivity contribution in [1.82, 2.24) is 20.2 Å². The van der Waals surface area contributed by atoms with E-state index < -0.39 is 0 Å². The van der Waals surface area contributed by atoms with Crippen molar-refractivity contribution in [1.29, 1.82) is 0 Å². The van der Waals surface area contributed by atoms with Crippen LogP contribution in [0.3, 0.4) is 0 Å². The van der Waals surface area contributed by atoms with Crippen molar-refractivity contribution in [2.75, 3.05) is 20.2 Å². The largest absolute Gasteiger partial charge is 0.497 e. The fourth-order valence-electron chi connectivity index (χ4n) is 3.22. The number of nitrogens with one attached hydrogen (secondary N) is 2. The van der Waals surface area contributed by atoms with Gasteiger partial charge in [-0.2, -0.15) is 0 Å². The third-order valence-corrected chi connectivity index (χ3v) is 4.90. The minimum Gasteiger partial charge on any atom is -0.497 e. The number of guanidine groups is 1. The van der Waals surface area contributed by atoms with Gasteiger partial charge in [0, 0.05) is 32.0 Å². The van der Waals surface area contributed by atoms with E-state index in [2.05, 4.69) is 63.5 Å². The van der Waals surface area contributed by atoms with Gasteiger partial charge >= 0.3 is 0 Å². The zero-order valence-corrected chi connectivity index (χ0v) is 20.8. The van der Waals surface area contributed by atoms with Gasteiger partial charge in [-0.1, -0.05) is 36.4 Å². The summed E-state index contributed by atoms with van der Waals surface area (Å²) in [5, 5.41) is 6.74. The maximum Gasteiger partial charge on any atom is 0.191 e. The molecule has 1 aromatic heterocycles. The standard InChI is InChI=1S/C24H31N5O.HI/c1-4-25-24(27-13-12-20-8-10-23(30-3)11-9-20)28-17-21-6-5-7-22(16-21)18-29-15-14-26-19(29)2;/h5-11,14-16H,4,12-13,17-18H2,1-3H3,(H2,25,27,28);1H. The molecule has 3 rings (SSSR count). The Kier molecular flexibility index (Phi) is 10.4. The molecule has 31 heavy (non-hydrogen) atoms. The third-order valence-electron chi connectivity index (χ3n) is 4.90. The second-order valence-electron chi connectivity index (χ2n) is 7.14. The molecule has 0 amide bonds. The first-order valence-electron chi connectivity index (χ1n) is 10.4. The molecule has 0 aliphatic heterocycles. The third kappa shape index (κ3) is 7.90. The molecule has 0 aliphatic carbocycles. The minimum absolute atomic E-state index is 0. The first kappa shape index (κ1) is 24.7. The summed E-state index contributed by atoms with van der Waals surface area (Å²) in [6, 6.07) is 16.7. The van der Waals surface area contributed by atoms with Crippen molar-refractivity contribution >= 4 is 29.9 Å². The molecule has 166 valence electrons. The van der Waals surface area contributed by atoms with Crippen LogP contribution in [-0.2, 0) is 19.5 Å². The summed E-state index contributed by atoms with van der Waals surface area (Å²) in [4.78, 5) is 9.05. The lowest BCUT2D eigenvalue weighted by Crippen LogP contribution is -2.38. The highest BCUT2D eigenvalue weighted by Crippen LogP contribution is 2.12. The van der Waals surface area contributed by atoms with Crippen LogP contribution in [0, 0.1) is 6.92 Å². The summed E-state index contributed by atoms with van der Waals surface area (Å²) in [5.74, 6) is 2.74. The number of aromatic nitrogens is 2. The number of aliphatic imine (C=N–C) groups is 1. The lowest BCUT2D eigenvalue weighted by molar-refractivity contribution is 0.414. The molecule has 0 saturated heterocycles. The molecule has 0 spiro atoms. The summed E-state index contributed by atoms with van der Waals surface area (Å²) >= 11 is 0. The van der Waals surface area contributed by atoms with Gasteiger partial charge in [0.15, 0.2) is 5.96 Å². The molecule has 6 nitrogen and oxygen atoms in total. The maximum absolute atomic E-state index is 5.21. The van der Waals surface area contributed by atoms with Crippen LogP contribution >= 0.6 is 24.0 Å². The molecule has 0 unspecified atom stereocenters. The fraction of sp³-hybridized carbons (Fsp3) is 0.333. The van der Waals surface area contributed by atoms with E-state index in [-0.39, 0.29) is 24.0 Å². The number of halogens is 1. The number of hydrogen-bond acceptors (Lipinski definition) is 3. The molecule has 7 heteroatoms. The minimum atomic E-state index is 0. The molecule has 1 heterocycles. The average Bonchev–Trinajstić information content (AvgIpc) is 3.17. The summed E-state index contributed by atoms with van der Waals surface area (Å²) in [6.07, 6.45) is 4.77. The number of rotatable bonds is 9. The zero-order valence-electron chi connectivity index (χ0n) is 18.5. The smallest absolute Gasteiger partial charge is 0.191 e. The van der Waals surface area contributed by atoms with Gasteiger partial charge in [-0.25, -0.2) is 9.98 Å². The van der Waals surface area contributed by atoms with Crippen molar-refractivity contribution in [2.45, 2.75) is 33.4 Å². The Morgan fingerprint density at radius 3 is 2.52 bits per heavy atom. The Bertz CT molecular complexity index is 953. The van der Waals surface area contributed by atoms with Crippen LogP contribution in [0.1, 0.15) is 29.4 Å². The van der Waals surface area contributed by atoms with Crippen LogP contribution in [0.4, 0.5) is 0 Å². The number of hydrogen-bond donors (Lipinski definition) is 2. The topological polar surface area (TPSA) is 63.5 Å². The van der Waals surface area contributed by atoms with E-state index in [1.54, 1.807) is 7.11 Å². The maximum atomic E-state index is 5.21. The Balaban J connectivity index is 0.00000341. The van der Waals surface area contributed by atoms with Crippen molar-refractivity contribution in [3.8, 4) is 5.75 Å². The van der Waals surface area contributed by atoms with Gasteiger partial charge in [0.2, 0.25) is 0 Å². The van der Waals surface area contributed by atoms with E-state index in [0.717, 1.165) is 43.6 Å². The predicted molar refractivity (Wildman–Crippen MR) is 137 cm³/mol. The first-order valence-corrected chi connectivity index (χ1v) is 10.4. The highest BCUT2D eigenvalue weighted by Gasteiger charge is 2.02. The summed E-state index contributed by atoms with van der Waals surface area (Å²) in [7, 11) is 1.68. The van der Waals surface area contributed by atoms with E-state index in [0.29, 0.717) is 6.54 Å². The summed E-state index contributed by atoms with van der Waals surface area (Å²) < 4.78 is 7.36. The number of methoxy groups -OCH3 is 1. The second-order valence-corrected chi connectivity index (χ2v) is 7.14. The van der Waals surface area contributed by atoms with Gasteiger partial charge in [0.25, 0.3) is 0 Å². The molecular formula is C24H32IN5O. The molecule has 2 N–H and O–H groups in total. The summed E-state index contributed by atoms with van der Waals surface area (Å²) in [6.45, 7) is 7.20. The van der Waals surface area contributed by atoms with Crippen LogP contribution in [0.2, 0.25) is 0 Å². The normalized spacial score (nSPS) is 11.0. The number of imidazole rings is 1. The molecular weight excluding hydrogens is 501 g/mol. The fourth-order valence-corrected chi connectivity index (χ4v) is 3.22. The lowest BCUT2D eigenvalue weighted by atomic mass is 10.1. The predicted octanol–water partition coefficient (Wildman–Crippen LogP) is 4.16. The summed E-state index contributed by atoms with van der Waals surface area (Å²) in [5.41, 5.74) is 3.71. The lowest BCUT2D eigenvalue weighted by Gasteiger charge is -2.12. The number of benzene rings is 2. The zero-order chi connectivity index (χ0) is 21.2. The van der Waals surface area contributed by atoms with Gasteiger partial charge in [0.1, 0.15) is 11.6 Å². The van der Waals surface area contributed by atoms with Crippen molar-refractivity contribution in [3.05, 3.63) is 83.4 Å². The van der Waals surface area contributed by atoms with E-state index in [1.807, 2.05) is 31.5 Å². The highest BCUT2D eigenvalue weighted by molar-refractivity contribution is 14.0. The molecule has 0 saturated carbocycles. The molecule has 0 atom stereocenters. The molecule has 0 fully saturated rings. The van der Waals surface area contributed by atoms with Crippen molar-refractivity contribution in [2.24, 2.45) is 4.99 Å². The molecule has 0 bridgehead atoms. The van der Waals surface area contributed by atoms with E-state index in [4.69, 9.17) is 9.73 Å². The van der Waals surface area contributed by atoms with E-state index >= 15 is 0 Å². The average molecular weight is 533 g/mol. The van der Waals surface area contributed by atoms with E-state index in [1.165, 1.54) is 16.7 Å². The highest BCUT2D eigenvalue weighted by atomic mass is 127. The second kappa shape index (κ2) is 13.0. The number of nitrogens with zero attached hydrogens (tertiary/aromatic N) is 3. The van der Waals surface area contributed by atoms with Crippen LogP contribution in [0.15, 0.2) is 65.9 Å². The van der Waals surface area contributed by atoms with Crippen LogP contribution in [0.5, 0.6) is 5.75 Å². The number of aryl methyl sites for hydroxylation is 1. The van der Waals surface area contributed by atoms with Crippen LogP contribution < -0.4 is 15.4 Å². The van der Waals surface area contributed by atoms with Crippen molar-refractivity contribution in [3.63, 3.8) is 0 Å². The molecule has 0 aliphatic rings. The Morgan fingerprint density at radius 1 is 1.06 bits per heavy atom. The van der Waals surface area contributed by atoms with Gasteiger partial charge in [-0.05, 0) is 49.1 Å². The molecule has 3 aromatic rings. The van der Waals surface area contributed by atoms with Gasteiger partial charge in [0.05, 0.1) is 13.7 Å². The van der Waals surface area contributed by atoms with Gasteiger partial charge < -0.3 is 19.9 Å². The monoisotopic (exact) mass is 533 g/mol. The van der Waals surface area contributed by atoms with Crippen molar-refractivity contribution < 1.29 is 4.74 Å². The van der Waals surface area contributed by atoms with Crippen LogP contribution in [0.25, 0.3) is 0 Å². The number of ether oxygens (including phenoxy) is 1. The first-order chi connectivity index (χ1) is 14.7. The van der Waals surface area contributed by atoms with E-state index in [9.17, 15) is 0 Å². The Hall–Kier alpha value is -2.55. The SMILES string of the molecule is CCNC(=NCc1cccc(Cn2ccnc2C)c1)NCCc1ccc(OC)cc1.I. The molecule has 0 radical (unpaired) electrons. The van der Waals surface area contributed by atoms with Gasteiger partial charge in [-0.3, -0.25) is 0 Å². The quantitative estimate of drug-likeness (QED) is 0.246. The Morgan fingerprint density at radius 2 is 1.84 bits per heavy atom. The van der Waals surface area contributed by atoms with Crippen LogP contribution in [-0.4, -0.2) is 35.7 Å². The molecule has 2 aromatic carbocycles.